The highest BCUT2D eigenvalue weighted by molar-refractivity contribution is 5.37. The van der Waals surface area contributed by atoms with E-state index in [-0.39, 0.29) is 0 Å². The Balaban J connectivity index is 1.34. The van der Waals surface area contributed by atoms with Crippen molar-refractivity contribution in [2.24, 2.45) is 0 Å². The van der Waals surface area contributed by atoms with E-state index in [0.29, 0.717) is 18.1 Å². The van der Waals surface area contributed by atoms with Crippen LogP contribution in [0.1, 0.15) is 64.4 Å². The summed E-state index contributed by atoms with van der Waals surface area (Å²) in [4.78, 5) is 16.8. The molecule has 0 spiro atoms. The van der Waals surface area contributed by atoms with Gasteiger partial charge in [0.1, 0.15) is 0 Å². The van der Waals surface area contributed by atoms with E-state index in [9.17, 15) is 0 Å². The Morgan fingerprint density at radius 2 is 1.59 bits per heavy atom. The molecule has 2 atom stereocenters. The molecule has 0 amide bonds. The third-order valence-electron chi connectivity index (χ3n) is 6.45. The van der Waals surface area contributed by atoms with Crippen LogP contribution in [0.3, 0.4) is 0 Å². The monoisotopic (exact) mass is 373 g/mol. The van der Waals surface area contributed by atoms with Crippen molar-refractivity contribution in [1.29, 1.82) is 0 Å². The lowest BCUT2D eigenvalue weighted by atomic mass is 10.1. The molecule has 0 aromatic carbocycles. The Labute approximate surface area is 166 Å². The van der Waals surface area contributed by atoms with Gasteiger partial charge in [0, 0.05) is 43.6 Å². The van der Waals surface area contributed by atoms with Gasteiger partial charge in [0.25, 0.3) is 0 Å². The minimum absolute atomic E-state index is 0.606. The molecular formula is C22H39N5. The van der Waals surface area contributed by atoms with Gasteiger partial charge in [-0.2, -0.15) is 0 Å². The lowest BCUT2D eigenvalue weighted by Crippen LogP contribution is -2.53. The molecule has 2 aliphatic heterocycles. The summed E-state index contributed by atoms with van der Waals surface area (Å²) < 4.78 is 0. The second-order valence-corrected chi connectivity index (χ2v) is 9.00. The number of aryl methyl sites for hydroxylation is 1. The highest BCUT2D eigenvalue weighted by Gasteiger charge is 2.39. The summed E-state index contributed by atoms with van der Waals surface area (Å²) in [6.45, 7) is 8.05. The summed E-state index contributed by atoms with van der Waals surface area (Å²) in [5, 5.41) is 0. The number of likely N-dealkylation sites (tertiary alicyclic amines) is 1. The number of likely N-dealkylation sites (N-methyl/N-ethyl adjacent to an activating group) is 1. The van der Waals surface area contributed by atoms with Crippen molar-refractivity contribution in [3.63, 3.8) is 0 Å². The molecule has 5 nitrogen and oxygen atoms in total. The quantitative estimate of drug-likeness (QED) is 0.586. The fourth-order valence-electron chi connectivity index (χ4n) is 4.53. The van der Waals surface area contributed by atoms with E-state index in [1.54, 1.807) is 0 Å². The van der Waals surface area contributed by atoms with Crippen LogP contribution < -0.4 is 4.90 Å². The first kappa shape index (κ1) is 20.5. The van der Waals surface area contributed by atoms with Crippen molar-refractivity contribution >= 4 is 5.95 Å². The summed E-state index contributed by atoms with van der Waals surface area (Å²) >= 11 is 0. The number of piperazine rings is 1. The normalized spacial score (nSPS) is 23.0. The second-order valence-electron chi connectivity index (χ2n) is 9.00. The largest absolute Gasteiger partial charge is 0.332 e. The number of hydrogen-bond acceptors (Lipinski definition) is 5. The number of unbranched alkanes of at least 4 members (excludes halogenated alkanes) is 4. The fourth-order valence-corrected chi connectivity index (χ4v) is 4.53. The fraction of sp³-hybridized carbons (Fsp3) is 0.818. The van der Waals surface area contributed by atoms with Gasteiger partial charge in [-0.15, -0.1) is 0 Å². The van der Waals surface area contributed by atoms with Gasteiger partial charge in [0.2, 0.25) is 5.95 Å². The van der Waals surface area contributed by atoms with E-state index in [4.69, 9.17) is 9.97 Å². The SMILES string of the molecule is CC(C)N(C)CCCCCCCc1cnc(N2C3CCC2CN(C)C3)nc1. The van der Waals surface area contributed by atoms with Crippen LogP contribution in [0, 0.1) is 0 Å². The Hall–Kier alpha value is -1.20. The van der Waals surface area contributed by atoms with Crippen molar-refractivity contribution in [2.75, 3.05) is 38.6 Å². The topological polar surface area (TPSA) is 35.5 Å². The molecule has 0 N–H and O–H groups in total. The Morgan fingerprint density at radius 3 is 2.22 bits per heavy atom. The molecule has 2 bridgehead atoms. The smallest absolute Gasteiger partial charge is 0.225 e. The summed E-state index contributed by atoms with van der Waals surface area (Å²) in [6, 6.07) is 1.87. The van der Waals surface area contributed by atoms with Crippen LogP contribution in [0.15, 0.2) is 12.4 Å². The number of anilines is 1. The minimum Gasteiger partial charge on any atom is -0.332 e. The molecule has 152 valence electrons. The van der Waals surface area contributed by atoms with Gasteiger partial charge < -0.3 is 14.7 Å². The first-order chi connectivity index (χ1) is 13.0. The average Bonchev–Trinajstić information content (AvgIpc) is 2.92. The second kappa shape index (κ2) is 9.83. The molecule has 27 heavy (non-hydrogen) atoms. The van der Waals surface area contributed by atoms with Crippen LogP contribution in [-0.4, -0.2) is 71.6 Å². The predicted octanol–water partition coefficient (Wildman–Crippen LogP) is 3.59. The lowest BCUT2D eigenvalue weighted by Gasteiger charge is -2.39. The first-order valence-electron chi connectivity index (χ1n) is 11.0. The maximum atomic E-state index is 4.72. The Morgan fingerprint density at radius 1 is 1.00 bits per heavy atom. The molecular weight excluding hydrogens is 334 g/mol. The lowest BCUT2D eigenvalue weighted by molar-refractivity contribution is 0.262. The van der Waals surface area contributed by atoms with Crippen LogP contribution in [0.5, 0.6) is 0 Å². The summed E-state index contributed by atoms with van der Waals surface area (Å²) in [5.74, 6) is 0.952. The van der Waals surface area contributed by atoms with Crippen LogP contribution in [0.25, 0.3) is 0 Å². The van der Waals surface area contributed by atoms with Gasteiger partial charge >= 0.3 is 0 Å². The third kappa shape index (κ3) is 5.64. The summed E-state index contributed by atoms with van der Waals surface area (Å²) in [7, 11) is 4.46. The van der Waals surface area contributed by atoms with Gasteiger partial charge in [-0.1, -0.05) is 19.3 Å². The number of hydrogen-bond donors (Lipinski definition) is 0. The molecule has 5 heteroatoms. The van der Waals surface area contributed by atoms with Gasteiger partial charge in [0.05, 0.1) is 0 Å². The zero-order chi connectivity index (χ0) is 19.2. The van der Waals surface area contributed by atoms with Crippen LogP contribution >= 0.6 is 0 Å². The molecule has 1 aromatic heterocycles. The van der Waals surface area contributed by atoms with Crippen LogP contribution in [0.4, 0.5) is 5.95 Å². The number of nitrogens with zero attached hydrogens (tertiary/aromatic N) is 5. The molecule has 1 aromatic rings. The van der Waals surface area contributed by atoms with E-state index in [1.807, 2.05) is 0 Å². The van der Waals surface area contributed by atoms with E-state index in [1.165, 1.54) is 57.1 Å². The Bertz CT molecular complexity index is 544. The minimum atomic E-state index is 0.606. The van der Waals surface area contributed by atoms with Crippen LogP contribution in [-0.2, 0) is 6.42 Å². The number of aromatic nitrogens is 2. The predicted molar refractivity (Wildman–Crippen MR) is 113 cm³/mol. The zero-order valence-corrected chi connectivity index (χ0v) is 17.9. The Kier molecular flexibility index (Phi) is 7.48. The number of rotatable bonds is 10. The van der Waals surface area contributed by atoms with E-state index in [0.717, 1.165) is 25.5 Å². The van der Waals surface area contributed by atoms with Crippen molar-refractivity contribution < 1.29 is 0 Å². The molecule has 2 unspecified atom stereocenters. The van der Waals surface area contributed by atoms with E-state index < -0.39 is 0 Å². The highest BCUT2D eigenvalue weighted by atomic mass is 15.4. The standard InChI is InChI=1S/C22H39N5/c1-18(2)26(4)13-9-7-5-6-8-10-19-14-23-22(24-15-19)27-20-11-12-21(27)17-25(3)16-20/h14-15,18,20-21H,5-13,16-17H2,1-4H3. The maximum Gasteiger partial charge on any atom is 0.225 e. The molecule has 2 fully saturated rings. The van der Waals surface area contributed by atoms with Crippen molar-refractivity contribution in [2.45, 2.75) is 83.3 Å². The van der Waals surface area contributed by atoms with Crippen molar-refractivity contribution in [3.8, 4) is 0 Å². The van der Waals surface area contributed by atoms with Gasteiger partial charge in [-0.25, -0.2) is 9.97 Å². The summed E-state index contributed by atoms with van der Waals surface area (Å²) in [5.41, 5.74) is 1.29. The molecule has 0 aliphatic carbocycles. The van der Waals surface area contributed by atoms with Crippen molar-refractivity contribution in [3.05, 3.63) is 18.0 Å². The molecule has 3 heterocycles. The molecule has 2 aliphatic rings. The van der Waals surface area contributed by atoms with E-state index >= 15 is 0 Å². The third-order valence-corrected chi connectivity index (χ3v) is 6.45. The molecule has 3 rings (SSSR count). The summed E-state index contributed by atoms with van der Waals surface area (Å²) in [6.07, 6.45) is 14.4. The molecule has 0 radical (unpaired) electrons. The van der Waals surface area contributed by atoms with Gasteiger partial charge in [-0.3, -0.25) is 0 Å². The zero-order valence-electron chi connectivity index (χ0n) is 17.9. The average molecular weight is 374 g/mol. The molecule has 0 saturated carbocycles. The maximum absolute atomic E-state index is 4.72. The first-order valence-corrected chi connectivity index (χ1v) is 11.0. The molecule has 2 saturated heterocycles. The highest BCUT2D eigenvalue weighted by Crippen LogP contribution is 2.32. The van der Waals surface area contributed by atoms with Gasteiger partial charge in [-0.05, 0) is 72.2 Å². The van der Waals surface area contributed by atoms with Crippen molar-refractivity contribution in [1.82, 2.24) is 19.8 Å². The van der Waals surface area contributed by atoms with E-state index in [2.05, 4.69) is 55.0 Å². The van der Waals surface area contributed by atoms with Crippen LogP contribution in [0.2, 0.25) is 0 Å². The number of fused-ring (bicyclic) bond motifs is 2. The van der Waals surface area contributed by atoms with Gasteiger partial charge in [0.15, 0.2) is 0 Å².